The summed E-state index contributed by atoms with van der Waals surface area (Å²) in [6, 6.07) is 0. The van der Waals surface area contributed by atoms with Gasteiger partial charge in [0.15, 0.2) is 0 Å². The summed E-state index contributed by atoms with van der Waals surface area (Å²) < 4.78 is 0. The molecule has 9 heavy (non-hydrogen) atoms. The first-order chi connectivity index (χ1) is 4.10. The molecule has 0 aromatic heterocycles. The van der Waals surface area contributed by atoms with Crippen molar-refractivity contribution in [3.63, 3.8) is 0 Å². The van der Waals surface area contributed by atoms with Crippen LogP contribution in [0.3, 0.4) is 0 Å². The van der Waals surface area contributed by atoms with E-state index >= 15 is 0 Å². The molecule has 0 unspecified atom stereocenters. The van der Waals surface area contributed by atoms with Crippen LogP contribution >= 0.6 is 0 Å². The summed E-state index contributed by atoms with van der Waals surface area (Å²) in [5, 5.41) is 9.32. The Bertz CT molecular complexity index is 127. The van der Waals surface area contributed by atoms with Crippen LogP contribution in [0.25, 0.3) is 0 Å². The molecule has 0 spiro atoms. The van der Waals surface area contributed by atoms with Gasteiger partial charge in [0.25, 0.3) is 0 Å². The highest BCUT2D eigenvalue weighted by atomic mass is 16.3. The second kappa shape index (κ2) is 2.10. The maximum absolute atomic E-state index is 10.7. The lowest BCUT2D eigenvalue weighted by Gasteiger charge is -2.26. The van der Waals surface area contributed by atoms with Gasteiger partial charge in [0, 0.05) is 12.8 Å². The highest BCUT2D eigenvalue weighted by molar-refractivity contribution is 5.80. The molecule has 0 saturated heterocycles. The summed E-state index contributed by atoms with van der Waals surface area (Å²) in [6.45, 7) is 1.73. The van der Waals surface area contributed by atoms with Gasteiger partial charge in [-0.3, -0.25) is 4.79 Å². The standard InChI is InChI=1S/C7H12O2/c1-7(9)4-2-3-6(8)5-7/h9H,2-5H2,1H3/t7-/m0/s1. The largest absolute Gasteiger partial charge is 0.390 e. The maximum atomic E-state index is 10.7. The van der Waals surface area contributed by atoms with Crippen molar-refractivity contribution in [3.8, 4) is 0 Å². The molecule has 1 rings (SSSR count). The minimum absolute atomic E-state index is 0.200. The van der Waals surface area contributed by atoms with Gasteiger partial charge < -0.3 is 5.11 Å². The topological polar surface area (TPSA) is 37.3 Å². The highest BCUT2D eigenvalue weighted by Gasteiger charge is 2.27. The van der Waals surface area contributed by atoms with E-state index in [-0.39, 0.29) is 5.78 Å². The fourth-order valence-electron chi connectivity index (χ4n) is 1.27. The number of Topliss-reactive ketones (excluding diaryl/α,β-unsaturated/α-hetero) is 1. The van der Waals surface area contributed by atoms with Gasteiger partial charge in [-0.15, -0.1) is 0 Å². The Balaban J connectivity index is 2.51. The number of aliphatic hydroxyl groups is 1. The normalized spacial score (nSPS) is 36.9. The molecule has 0 amide bonds. The fourth-order valence-corrected chi connectivity index (χ4v) is 1.27. The lowest BCUT2D eigenvalue weighted by atomic mass is 9.86. The molecule has 0 aromatic rings. The molecule has 2 nitrogen and oxygen atoms in total. The van der Waals surface area contributed by atoms with Crippen molar-refractivity contribution in [2.75, 3.05) is 0 Å². The van der Waals surface area contributed by atoms with Gasteiger partial charge in [-0.05, 0) is 19.8 Å². The molecule has 52 valence electrons. The van der Waals surface area contributed by atoms with Gasteiger partial charge in [-0.1, -0.05) is 0 Å². The average Bonchev–Trinajstić information content (AvgIpc) is 1.60. The molecule has 2 heteroatoms. The monoisotopic (exact) mass is 128 g/mol. The molecule has 1 fully saturated rings. The Labute approximate surface area is 54.9 Å². The fraction of sp³-hybridized carbons (Fsp3) is 0.857. The molecule has 0 heterocycles. The summed E-state index contributed by atoms with van der Waals surface area (Å²) in [5.74, 6) is 0.200. The van der Waals surface area contributed by atoms with Gasteiger partial charge in [-0.25, -0.2) is 0 Å². The summed E-state index contributed by atoms with van der Waals surface area (Å²) in [6.07, 6.45) is 2.65. The van der Waals surface area contributed by atoms with E-state index < -0.39 is 5.60 Å². The molecule has 0 aromatic carbocycles. The quantitative estimate of drug-likeness (QED) is 0.526. The number of carbonyl (C=O) groups is 1. The summed E-state index contributed by atoms with van der Waals surface area (Å²) >= 11 is 0. The van der Waals surface area contributed by atoms with Crippen molar-refractivity contribution in [2.24, 2.45) is 0 Å². The Morgan fingerprint density at radius 2 is 2.33 bits per heavy atom. The Morgan fingerprint density at radius 1 is 1.67 bits per heavy atom. The van der Waals surface area contributed by atoms with E-state index in [9.17, 15) is 9.90 Å². The molecular weight excluding hydrogens is 116 g/mol. The molecule has 1 aliphatic rings. The number of hydrogen-bond acceptors (Lipinski definition) is 2. The minimum atomic E-state index is -0.699. The average molecular weight is 128 g/mol. The zero-order valence-corrected chi connectivity index (χ0v) is 5.68. The van der Waals surface area contributed by atoms with Crippen LogP contribution in [0.15, 0.2) is 0 Å². The molecule has 0 aliphatic heterocycles. The van der Waals surface area contributed by atoms with Crippen LogP contribution in [0.1, 0.15) is 32.6 Å². The van der Waals surface area contributed by atoms with Crippen LogP contribution in [-0.2, 0) is 4.79 Å². The molecule has 0 radical (unpaired) electrons. The molecule has 1 N–H and O–H groups in total. The summed E-state index contributed by atoms with van der Waals surface area (Å²) in [7, 11) is 0. The van der Waals surface area contributed by atoms with Crippen molar-refractivity contribution >= 4 is 5.78 Å². The smallest absolute Gasteiger partial charge is 0.135 e. The van der Waals surface area contributed by atoms with E-state index in [1.165, 1.54) is 0 Å². The first kappa shape index (κ1) is 6.75. The highest BCUT2D eigenvalue weighted by Crippen LogP contribution is 2.24. The zero-order chi connectivity index (χ0) is 6.91. The van der Waals surface area contributed by atoms with Gasteiger partial charge in [0.1, 0.15) is 5.78 Å². The molecule has 1 aliphatic carbocycles. The minimum Gasteiger partial charge on any atom is -0.390 e. The lowest BCUT2D eigenvalue weighted by Crippen LogP contribution is -2.31. The van der Waals surface area contributed by atoms with Crippen LogP contribution < -0.4 is 0 Å². The van der Waals surface area contributed by atoms with Crippen LogP contribution in [-0.4, -0.2) is 16.5 Å². The van der Waals surface area contributed by atoms with Crippen LogP contribution in [0.2, 0.25) is 0 Å². The molecule has 1 atom stereocenters. The van der Waals surface area contributed by atoms with E-state index in [2.05, 4.69) is 0 Å². The van der Waals surface area contributed by atoms with Crippen molar-refractivity contribution in [3.05, 3.63) is 0 Å². The summed E-state index contributed by atoms with van der Waals surface area (Å²) in [5.41, 5.74) is -0.699. The molecule has 1 saturated carbocycles. The summed E-state index contributed by atoms with van der Waals surface area (Å²) in [4.78, 5) is 10.7. The van der Waals surface area contributed by atoms with Crippen LogP contribution in [0, 0.1) is 0 Å². The van der Waals surface area contributed by atoms with Crippen LogP contribution in [0.4, 0.5) is 0 Å². The third-order valence-corrected chi connectivity index (χ3v) is 1.75. The number of carbonyl (C=O) groups excluding carboxylic acids is 1. The Hall–Kier alpha value is -0.370. The van der Waals surface area contributed by atoms with E-state index in [1.807, 2.05) is 0 Å². The van der Waals surface area contributed by atoms with E-state index in [1.54, 1.807) is 6.92 Å². The first-order valence-electron chi connectivity index (χ1n) is 3.34. The maximum Gasteiger partial charge on any atom is 0.135 e. The van der Waals surface area contributed by atoms with E-state index in [0.717, 1.165) is 12.8 Å². The third kappa shape index (κ3) is 1.79. The van der Waals surface area contributed by atoms with Crippen molar-refractivity contribution < 1.29 is 9.90 Å². The second-order valence-electron chi connectivity index (χ2n) is 3.07. The van der Waals surface area contributed by atoms with Gasteiger partial charge in [0.2, 0.25) is 0 Å². The third-order valence-electron chi connectivity index (χ3n) is 1.75. The van der Waals surface area contributed by atoms with Crippen molar-refractivity contribution in [1.29, 1.82) is 0 Å². The number of ketones is 1. The lowest BCUT2D eigenvalue weighted by molar-refractivity contribution is -0.126. The van der Waals surface area contributed by atoms with E-state index in [0.29, 0.717) is 12.8 Å². The van der Waals surface area contributed by atoms with Gasteiger partial charge in [-0.2, -0.15) is 0 Å². The number of rotatable bonds is 0. The van der Waals surface area contributed by atoms with Crippen LogP contribution in [0.5, 0.6) is 0 Å². The van der Waals surface area contributed by atoms with Gasteiger partial charge >= 0.3 is 0 Å². The predicted molar refractivity (Wildman–Crippen MR) is 34.1 cm³/mol. The SMILES string of the molecule is C[C@]1(O)CCCC(=O)C1. The Morgan fingerprint density at radius 3 is 2.67 bits per heavy atom. The zero-order valence-electron chi connectivity index (χ0n) is 5.68. The second-order valence-corrected chi connectivity index (χ2v) is 3.07. The predicted octanol–water partition coefficient (Wildman–Crippen LogP) is 0.881. The van der Waals surface area contributed by atoms with E-state index in [4.69, 9.17) is 0 Å². The van der Waals surface area contributed by atoms with Gasteiger partial charge in [0.05, 0.1) is 5.60 Å². The van der Waals surface area contributed by atoms with Crippen molar-refractivity contribution in [2.45, 2.75) is 38.2 Å². The molecule has 0 bridgehead atoms. The Kier molecular flexibility index (Phi) is 1.58. The first-order valence-corrected chi connectivity index (χ1v) is 3.34. The number of hydrogen-bond donors (Lipinski definition) is 1. The molecular formula is C7H12O2. The van der Waals surface area contributed by atoms with Crippen molar-refractivity contribution in [1.82, 2.24) is 0 Å².